The molecule has 0 unspecified atom stereocenters. The number of aryl methyl sites for hydroxylation is 2. The summed E-state index contributed by atoms with van der Waals surface area (Å²) in [5, 5.41) is 7.00. The van der Waals surface area contributed by atoms with Gasteiger partial charge in [-0.1, -0.05) is 5.16 Å². The fourth-order valence-electron chi connectivity index (χ4n) is 3.51. The second-order valence-electron chi connectivity index (χ2n) is 6.64. The fraction of sp³-hybridized carbons (Fsp3) is 0.556. The van der Waals surface area contributed by atoms with Gasteiger partial charge in [0.1, 0.15) is 17.9 Å². The Morgan fingerprint density at radius 1 is 1.42 bits per heavy atom. The first-order chi connectivity index (χ1) is 12.6. The third-order valence-corrected chi connectivity index (χ3v) is 4.90. The molecule has 1 N–H and O–H groups in total. The Hall–Kier alpha value is -2.48. The van der Waals surface area contributed by atoms with E-state index >= 15 is 0 Å². The van der Waals surface area contributed by atoms with E-state index in [-0.39, 0.29) is 17.7 Å². The average Bonchev–Trinajstić information content (AvgIpc) is 3.21. The van der Waals surface area contributed by atoms with Crippen molar-refractivity contribution in [3.8, 4) is 0 Å². The molecule has 1 aliphatic heterocycles. The third kappa shape index (κ3) is 4.01. The SMILES string of the molecule is COC[C@@H]1CN(c2ccncn2)C[C@H]1C(=O)NCCc1c(C)noc1C. The molecule has 2 aromatic rings. The molecule has 0 saturated carbocycles. The number of aromatic nitrogens is 3. The summed E-state index contributed by atoms with van der Waals surface area (Å²) in [5.74, 6) is 1.70. The number of hydrogen-bond donors (Lipinski definition) is 1. The maximum Gasteiger partial charge on any atom is 0.225 e. The maximum atomic E-state index is 12.7. The van der Waals surface area contributed by atoms with Crippen LogP contribution in [0.4, 0.5) is 5.82 Å². The van der Waals surface area contributed by atoms with Gasteiger partial charge in [-0.3, -0.25) is 4.79 Å². The first kappa shape index (κ1) is 18.3. The molecule has 1 fully saturated rings. The van der Waals surface area contributed by atoms with Gasteiger partial charge in [0.15, 0.2) is 0 Å². The van der Waals surface area contributed by atoms with Gasteiger partial charge in [-0.15, -0.1) is 0 Å². The van der Waals surface area contributed by atoms with E-state index in [2.05, 4.69) is 25.3 Å². The molecule has 3 rings (SSSR count). The van der Waals surface area contributed by atoms with Crippen molar-refractivity contribution < 1.29 is 14.1 Å². The number of anilines is 1. The topological polar surface area (TPSA) is 93.4 Å². The van der Waals surface area contributed by atoms with E-state index in [0.717, 1.165) is 29.4 Å². The van der Waals surface area contributed by atoms with E-state index < -0.39 is 0 Å². The first-order valence-corrected chi connectivity index (χ1v) is 8.79. The molecule has 0 aliphatic carbocycles. The fourth-order valence-corrected chi connectivity index (χ4v) is 3.51. The van der Waals surface area contributed by atoms with Crippen LogP contribution in [0.3, 0.4) is 0 Å². The number of nitrogens with zero attached hydrogens (tertiary/aromatic N) is 4. The number of carbonyl (C=O) groups excluding carboxylic acids is 1. The van der Waals surface area contributed by atoms with Crippen LogP contribution in [-0.4, -0.2) is 54.4 Å². The molecule has 2 atom stereocenters. The summed E-state index contributed by atoms with van der Waals surface area (Å²) in [6.07, 6.45) is 3.95. The van der Waals surface area contributed by atoms with E-state index in [1.165, 1.54) is 6.33 Å². The van der Waals surface area contributed by atoms with Gasteiger partial charge in [0.2, 0.25) is 5.91 Å². The number of rotatable bonds is 7. The number of amides is 1. The molecular weight excluding hydrogens is 334 g/mol. The maximum absolute atomic E-state index is 12.7. The number of hydrogen-bond acceptors (Lipinski definition) is 7. The molecule has 1 saturated heterocycles. The van der Waals surface area contributed by atoms with Crippen LogP contribution >= 0.6 is 0 Å². The van der Waals surface area contributed by atoms with Gasteiger partial charge in [0.05, 0.1) is 18.2 Å². The molecule has 0 spiro atoms. The van der Waals surface area contributed by atoms with E-state index in [9.17, 15) is 4.79 Å². The van der Waals surface area contributed by atoms with Gasteiger partial charge in [-0.25, -0.2) is 9.97 Å². The molecular formula is C18H25N5O3. The summed E-state index contributed by atoms with van der Waals surface area (Å²) in [7, 11) is 1.67. The monoisotopic (exact) mass is 359 g/mol. The Kier molecular flexibility index (Phi) is 5.82. The van der Waals surface area contributed by atoms with Gasteiger partial charge in [0, 0.05) is 44.4 Å². The van der Waals surface area contributed by atoms with Crippen molar-refractivity contribution >= 4 is 11.7 Å². The normalized spacial score (nSPS) is 19.7. The Labute approximate surface area is 152 Å². The zero-order chi connectivity index (χ0) is 18.5. The van der Waals surface area contributed by atoms with E-state index in [4.69, 9.17) is 9.26 Å². The van der Waals surface area contributed by atoms with Gasteiger partial charge < -0.3 is 19.5 Å². The second-order valence-corrected chi connectivity index (χ2v) is 6.64. The minimum absolute atomic E-state index is 0.0513. The lowest BCUT2D eigenvalue weighted by Crippen LogP contribution is -2.37. The van der Waals surface area contributed by atoms with Crippen molar-refractivity contribution in [2.24, 2.45) is 11.8 Å². The lowest BCUT2D eigenvalue weighted by atomic mass is 9.96. The molecule has 1 amide bonds. The highest BCUT2D eigenvalue weighted by Crippen LogP contribution is 2.27. The van der Waals surface area contributed by atoms with Crippen molar-refractivity contribution in [1.29, 1.82) is 0 Å². The molecule has 8 heteroatoms. The van der Waals surface area contributed by atoms with E-state index in [0.29, 0.717) is 26.1 Å². The van der Waals surface area contributed by atoms with Crippen LogP contribution in [0.5, 0.6) is 0 Å². The molecule has 0 radical (unpaired) electrons. The Morgan fingerprint density at radius 2 is 2.27 bits per heavy atom. The largest absolute Gasteiger partial charge is 0.384 e. The number of nitrogens with one attached hydrogen (secondary N) is 1. The number of methoxy groups -OCH3 is 1. The van der Waals surface area contributed by atoms with Crippen LogP contribution in [-0.2, 0) is 16.0 Å². The molecule has 2 aromatic heterocycles. The summed E-state index contributed by atoms with van der Waals surface area (Å²) < 4.78 is 10.5. The lowest BCUT2D eigenvalue weighted by molar-refractivity contribution is -0.126. The molecule has 8 nitrogen and oxygen atoms in total. The Balaban J connectivity index is 1.59. The summed E-state index contributed by atoms with van der Waals surface area (Å²) in [6, 6.07) is 1.86. The number of ether oxygens (including phenoxy) is 1. The first-order valence-electron chi connectivity index (χ1n) is 8.79. The smallest absolute Gasteiger partial charge is 0.225 e. The van der Waals surface area contributed by atoms with Crippen LogP contribution in [0.1, 0.15) is 17.0 Å². The summed E-state index contributed by atoms with van der Waals surface area (Å²) in [6.45, 7) is 6.28. The summed E-state index contributed by atoms with van der Waals surface area (Å²) >= 11 is 0. The second kappa shape index (κ2) is 8.27. The highest BCUT2D eigenvalue weighted by Gasteiger charge is 2.38. The van der Waals surface area contributed by atoms with Crippen molar-refractivity contribution in [1.82, 2.24) is 20.4 Å². The van der Waals surface area contributed by atoms with Crippen LogP contribution in [0.15, 0.2) is 23.1 Å². The highest BCUT2D eigenvalue weighted by atomic mass is 16.5. The van der Waals surface area contributed by atoms with Crippen LogP contribution in [0, 0.1) is 25.7 Å². The molecule has 0 bridgehead atoms. The van der Waals surface area contributed by atoms with Crippen molar-refractivity contribution in [3.05, 3.63) is 35.6 Å². The van der Waals surface area contributed by atoms with Crippen molar-refractivity contribution in [2.45, 2.75) is 20.3 Å². The lowest BCUT2D eigenvalue weighted by Gasteiger charge is -2.17. The van der Waals surface area contributed by atoms with Gasteiger partial charge in [-0.05, 0) is 26.3 Å². The zero-order valence-corrected chi connectivity index (χ0v) is 15.4. The number of carbonyl (C=O) groups is 1. The van der Waals surface area contributed by atoms with Crippen LogP contribution in [0.25, 0.3) is 0 Å². The van der Waals surface area contributed by atoms with Gasteiger partial charge in [-0.2, -0.15) is 0 Å². The zero-order valence-electron chi connectivity index (χ0n) is 15.4. The van der Waals surface area contributed by atoms with Gasteiger partial charge >= 0.3 is 0 Å². The standard InChI is InChI=1S/C18H25N5O3/c1-12-15(13(2)26-22-12)4-7-20-18(24)16-9-23(8-14(16)10-25-3)17-5-6-19-11-21-17/h5-6,11,14,16H,4,7-10H2,1-3H3,(H,20,24)/t14-,16+/m0/s1. The Morgan fingerprint density at radius 3 is 2.92 bits per heavy atom. The molecule has 140 valence electrons. The van der Waals surface area contributed by atoms with E-state index in [1.807, 2.05) is 19.9 Å². The minimum Gasteiger partial charge on any atom is -0.384 e. The van der Waals surface area contributed by atoms with Crippen molar-refractivity contribution in [2.75, 3.05) is 38.3 Å². The molecule has 26 heavy (non-hydrogen) atoms. The predicted molar refractivity (Wildman–Crippen MR) is 95.8 cm³/mol. The predicted octanol–water partition coefficient (Wildman–Crippen LogP) is 1.14. The van der Waals surface area contributed by atoms with Crippen LogP contribution < -0.4 is 10.2 Å². The summed E-state index contributed by atoms with van der Waals surface area (Å²) in [5.41, 5.74) is 1.94. The van der Waals surface area contributed by atoms with Crippen LogP contribution in [0.2, 0.25) is 0 Å². The van der Waals surface area contributed by atoms with Gasteiger partial charge in [0.25, 0.3) is 0 Å². The minimum atomic E-state index is -0.130. The quantitative estimate of drug-likeness (QED) is 0.792. The molecule has 3 heterocycles. The van der Waals surface area contributed by atoms with Crippen molar-refractivity contribution in [3.63, 3.8) is 0 Å². The summed E-state index contributed by atoms with van der Waals surface area (Å²) in [4.78, 5) is 23.1. The molecule has 1 aliphatic rings. The molecule has 0 aromatic carbocycles. The average molecular weight is 359 g/mol. The third-order valence-electron chi connectivity index (χ3n) is 4.90. The highest BCUT2D eigenvalue weighted by molar-refractivity contribution is 5.80. The van der Waals surface area contributed by atoms with E-state index in [1.54, 1.807) is 13.3 Å². The Bertz CT molecular complexity index is 714.